The minimum Gasteiger partial charge on any atom is -0.497 e. The molecule has 1 aliphatic heterocycles. The van der Waals surface area contributed by atoms with Gasteiger partial charge in [-0.05, 0) is 79.6 Å². The topological polar surface area (TPSA) is 96.0 Å². The maximum Gasteiger partial charge on any atom is 0.299 e. The molecule has 2 atom stereocenters. The molecule has 5 rings (SSSR count). The highest BCUT2D eigenvalue weighted by Crippen LogP contribution is 2.31. The Hall–Kier alpha value is -4.72. The summed E-state index contributed by atoms with van der Waals surface area (Å²) in [7, 11) is 1.58. The van der Waals surface area contributed by atoms with Crippen molar-refractivity contribution in [3.8, 4) is 5.75 Å². The Morgan fingerprint density at radius 1 is 1.00 bits per heavy atom. The quantitative estimate of drug-likeness (QED) is 0.301. The fourth-order valence-corrected chi connectivity index (χ4v) is 5.55. The third-order valence-corrected chi connectivity index (χ3v) is 7.81. The summed E-state index contributed by atoms with van der Waals surface area (Å²) in [6.07, 6.45) is 6.32. The minimum absolute atomic E-state index is 0.130. The number of aryl methyl sites for hydroxylation is 1. The van der Waals surface area contributed by atoms with Crippen molar-refractivity contribution in [2.75, 3.05) is 23.9 Å². The standard InChI is InChI=1S/C33H33N3O5/c1-22-10-6-7-13-24(22)20-36(29(37)21-35-28-15-9-8-14-27(28)31(38)33(35)40)30(23-11-4-3-5-12-23)32(39)34-25-16-18-26(41-2)19-17-25/h3-4,6-10,13-19,23,30H,5,11-12,20-21H2,1-2H3,(H,34,39). The second-order valence-corrected chi connectivity index (χ2v) is 10.4. The molecule has 41 heavy (non-hydrogen) atoms. The largest absolute Gasteiger partial charge is 0.497 e. The highest BCUT2D eigenvalue weighted by atomic mass is 16.5. The lowest BCUT2D eigenvalue weighted by Gasteiger charge is -2.38. The van der Waals surface area contributed by atoms with Crippen LogP contribution in [0.25, 0.3) is 0 Å². The van der Waals surface area contributed by atoms with Gasteiger partial charge in [0.2, 0.25) is 11.8 Å². The minimum atomic E-state index is -0.808. The van der Waals surface area contributed by atoms with Crippen molar-refractivity contribution in [3.05, 3.63) is 102 Å². The highest BCUT2D eigenvalue weighted by Gasteiger charge is 2.41. The number of hydrogen-bond donors (Lipinski definition) is 1. The molecule has 1 N–H and O–H groups in total. The molecule has 210 valence electrons. The summed E-state index contributed by atoms with van der Waals surface area (Å²) in [4.78, 5) is 56.6. The molecular formula is C33H33N3O5. The van der Waals surface area contributed by atoms with Gasteiger partial charge in [0.15, 0.2) is 0 Å². The normalized spacial score (nSPS) is 16.7. The van der Waals surface area contributed by atoms with Crippen LogP contribution in [-0.2, 0) is 20.9 Å². The molecule has 3 aromatic rings. The predicted molar refractivity (Wildman–Crippen MR) is 157 cm³/mol. The summed E-state index contributed by atoms with van der Waals surface area (Å²) in [6.45, 7) is 1.80. The lowest BCUT2D eigenvalue weighted by Crippen LogP contribution is -2.54. The van der Waals surface area contributed by atoms with Gasteiger partial charge < -0.3 is 15.0 Å². The molecule has 3 amide bonds. The summed E-state index contributed by atoms with van der Waals surface area (Å²) in [5.74, 6) is -1.55. The molecule has 0 bridgehead atoms. The number of amides is 3. The molecule has 2 unspecified atom stereocenters. The summed E-state index contributed by atoms with van der Waals surface area (Å²) < 4.78 is 5.24. The fourth-order valence-electron chi connectivity index (χ4n) is 5.55. The van der Waals surface area contributed by atoms with E-state index < -0.39 is 23.6 Å². The van der Waals surface area contributed by atoms with Gasteiger partial charge in [0.25, 0.3) is 11.7 Å². The van der Waals surface area contributed by atoms with Crippen molar-refractivity contribution < 1.29 is 23.9 Å². The first kappa shape index (κ1) is 27.8. The number of ether oxygens (including phenoxy) is 1. The zero-order valence-electron chi connectivity index (χ0n) is 23.2. The number of benzene rings is 3. The molecule has 0 fully saturated rings. The average molecular weight is 552 g/mol. The number of nitrogens with one attached hydrogen (secondary N) is 1. The molecule has 0 saturated heterocycles. The van der Waals surface area contributed by atoms with E-state index in [9.17, 15) is 19.2 Å². The number of carbonyl (C=O) groups excluding carboxylic acids is 4. The van der Waals surface area contributed by atoms with Crippen LogP contribution in [0.5, 0.6) is 5.75 Å². The Kier molecular flexibility index (Phi) is 8.29. The van der Waals surface area contributed by atoms with Crippen LogP contribution < -0.4 is 15.0 Å². The van der Waals surface area contributed by atoms with Crippen LogP contribution in [0.2, 0.25) is 0 Å². The van der Waals surface area contributed by atoms with Crippen LogP contribution in [0.15, 0.2) is 84.9 Å². The number of rotatable bonds is 9. The van der Waals surface area contributed by atoms with E-state index in [4.69, 9.17) is 4.74 Å². The van der Waals surface area contributed by atoms with Crippen molar-refractivity contribution in [1.82, 2.24) is 4.90 Å². The van der Waals surface area contributed by atoms with E-state index in [1.54, 1.807) is 60.5 Å². The number of anilines is 2. The van der Waals surface area contributed by atoms with E-state index in [1.807, 2.05) is 31.2 Å². The molecule has 0 saturated carbocycles. The van der Waals surface area contributed by atoms with Gasteiger partial charge in [-0.1, -0.05) is 48.6 Å². The zero-order valence-corrected chi connectivity index (χ0v) is 23.2. The molecule has 1 aliphatic carbocycles. The number of methoxy groups -OCH3 is 1. The van der Waals surface area contributed by atoms with Gasteiger partial charge in [-0.15, -0.1) is 0 Å². The van der Waals surface area contributed by atoms with Crippen molar-refractivity contribution in [1.29, 1.82) is 0 Å². The second kappa shape index (κ2) is 12.2. The van der Waals surface area contributed by atoms with Gasteiger partial charge in [0, 0.05) is 12.2 Å². The lowest BCUT2D eigenvalue weighted by molar-refractivity contribution is -0.140. The molecule has 8 nitrogen and oxygen atoms in total. The molecular weight excluding hydrogens is 518 g/mol. The zero-order chi connectivity index (χ0) is 28.9. The Balaban J connectivity index is 1.51. The number of allylic oxidation sites excluding steroid dienone is 2. The predicted octanol–water partition coefficient (Wildman–Crippen LogP) is 4.93. The molecule has 3 aromatic carbocycles. The van der Waals surface area contributed by atoms with Gasteiger partial charge >= 0.3 is 0 Å². The van der Waals surface area contributed by atoms with E-state index in [0.29, 0.717) is 23.5 Å². The van der Waals surface area contributed by atoms with Crippen LogP contribution >= 0.6 is 0 Å². The third-order valence-electron chi connectivity index (χ3n) is 7.81. The number of carbonyl (C=O) groups is 4. The summed E-state index contributed by atoms with van der Waals surface area (Å²) in [6, 6.07) is 20.6. The molecule has 0 radical (unpaired) electrons. The van der Waals surface area contributed by atoms with Crippen LogP contribution in [-0.4, -0.2) is 48.1 Å². The van der Waals surface area contributed by atoms with Gasteiger partial charge in [-0.2, -0.15) is 0 Å². The Morgan fingerprint density at radius 3 is 2.44 bits per heavy atom. The number of ketones is 1. The Morgan fingerprint density at radius 2 is 1.73 bits per heavy atom. The molecule has 0 aromatic heterocycles. The van der Waals surface area contributed by atoms with E-state index in [0.717, 1.165) is 24.0 Å². The number of Topliss-reactive ketones (excluding diaryl/α,β-unsaturated/α-hetero) is 1. The van der Waals surface area contributed by atoms with Gasteiger partial charge in [-0.25, -0.2) is 0 Å². The van der Waals surface area contributed by atoms with Crippen molar-refractivity contribution in [3.63, 3.8) is 0 Å². The molecule has 8 heteroatoms. The Bertz CT molecular complexity index is 1500. The summed E-state index contributed by atoms with van der Waals surface area (Å²) >= 11 is 0. The smallest absolute Gasteiger partial charge is 0.299 e. The van der Waals surface area contributed by atoms with Crippen LogP contribution in [0, 0.1) is 12.8 Å². The fraction of sp³-hybridized carbons (Fsp3) is 0.273. The number of hydrogen-bond acceptors (Lipinski definition) is 5. The number of para-hydroxylation sites is 1. The number of nitrogens with zero attached hydrogens (tertiary/aromatic N) is 2. The second-order valence-electron chi connectivity index (χ2n) is 10.4. The molecule has 0 spiro atoms. The summed E-state index contributed by atoms with van der Waals surface area (Å²) in [5, 5.41) is 3.00. The first-order valence-corrected chi connectivity index (χ1v) is 13.8. The van der Waals surface area contributed by atoms with Gasteiger partial charge in [-0.3, -0.25) is 24.1 Å². The monoisotopic (exact) mass is 551 g/mol. The van der Waals surface area contributed by atoms with Crippen molar-refractivity contribution in [2.45, 2.75) is 38.8 Å². The first-order chi connectivity index (χ1) is 19.9. The van der Waals surface area contributed by atoms with Crippen LogP contribution in [0.1, 0.15) is 40.7 Å². The maximum atomic E-state index is 14.2. The average Bonchev–Trinajstić information content (AvgIpc) is 3.23. The van der Waals surface area contributed by atoms with E-state index in [-0.39, 0.29) is 30.5 Å². The Labute approximate surface area is 239 Å². The maximum absolute atomic E-state index is 14.2. The third kappa shape index (κ3) is 5.91. The van der Waals surface area contributed by atoms with Crippen molar-refractivity contribution in [2.24, 2.45) is 5.92 Å². The van der Waals surface area contributed by atoms with Gasteiger partial charge in [0.05, 0.1) is 18.4 Å². The first-order valence-electron chi connectivity index (χ1n) is 13.8. The molecule has 1 heterocycles. The SMILES string of the molecule is COc1ccc(NC(=O)C(C2CC=CCC2)N(Cc2ccccc2C)C(=O)CN2C(=O)C(=O)c3ccccc32)cc1. The van der Waals surface area contributed by atoms with E-state index in [1.165, 1.54) is 4.90 Å². The summed E-state index contributed by atoms with van der Waals surface area (Å²) in [5.41, 5.74) is 3.16. The van der Waals surface area contributed by atoms with E-state index >= 15 is 0 Å². The van der Waals surface area contributed by atoms with Gasteiger partial charge in [0.1, 0.15) is 18.3 Å². The lowest BCUT2D eigenvalue weighted by atomic mass is 9.85. The van der Waals surface area contributed by atoms with E-state index in [2.05, 4.69) is 17.5 Å². The van der Waals surface area contributed by atoms with Crippen LogP contribution in [0.3, 0.4) is 0 Å². The number of fused-ring (bicyclic) bond motifs is 1. The highest BCUT2D eigenvalue weighted by molar-refractivity contribution is 6.52. The van der Waals surface area contributed by atoms with Crippen LogP contribution in [0.4, 0.5) is 11.4 Å². The molecule has 2 aliphatic rings. The van der Waals surface area contributed by atoms with Crippen molar-refractivity contribution >= 4 is 34.9 Å².